The lowest BCUT2D eigenvalue weighted by Gasteiger charge is -2.26. The van der Waals surface area contributed by atoms with Crippen LogP contribution in [-0.4, -0.2) is 34.0 Å². The molecule has 0 amide bonds. The Morgan fingerprint density at radius 2 is 2.17 bits per heavy atom. The van der Waals surface area contributed by atoms with Gasteiger partial charge in [0, 0.05) is 7.05 Å². The second-order valence-electron chi connectivity index (χ2n) is 5.26. The molecule has 1 N–H and O–H groups in total. The van der Waals surface area contributed by atoms with Crippen LogP contribution in [0.1, 0.15) is 12.6 Å². The number of hydrogen-bond donors (Lipinski definition) is 1. The zero-order valence-electron chi connectivity index (χ0n) is 13.0. The number of fused-ring (bicyclic) bond motifs is 1. The van der Waals surface area contributed by atoms with Gasteiger partial charge in [-0.3, -0.25) is 10.1 Å². The Balaban J connectivity index is 1.72. The quantitative estimate of drug-likeness (QED) is 0.671. The number of hydrogen-bond acceptors (Lipinski definition) is 6. The lowest BCUT2D eigenvalue weighted by atomic mass is 10.2. The SMILES string of the molecule is CCc1nn(C)c(NCC2COc3ccccc3O2)c1[N+](=O)[O-]. The Kier molecular flexibility index (Phi) is 4.05. The molecule has 0 aliphatic carbocycles. The van der Waals surface area contributed by atoms with Gasteiger partial charge in [0.15, 0.2) is 11.5 Å². The van der Waals surface area contributed by atoms with Crippen molar-refractivity contribution in [3.8, 4) is 11.5 Å². The number of ether oxygens (including phenoxy) is 2. The minimum absolute atomic E-state index is 0.0205. The summed E-state index contributed by atoms with van der Waals surface area (Å²) in [6, 6.07) is 7.44. The third kappa shape index (κ3) is 2.92. The van der Waals surface area contributed by atoms with Crippen LogP contribution >= 0.6 is 0 Å². The standard InChI is InChI=1S/C15H18N4O4/c1-3-11-14(19(20)21)15(18(2)17-11)16-8-10-9-22-12-6-4-5-7-13(12)23-10/h4-7,10,16H,3,8-9H2,1-2H3. The molecular formula is C15H18N4O4. The molecule has 2 heterocycles. The van der Waals surface area contributed by atoms with Gasteiger partial charge in [0.2, 0.25) is 5.82 Å². The largest absolute Gasteiger partial charge is 0.486 e. The van der Waals surface area contributed by atoms with E-state index in [9.17, 15) is 10.1 Å². The summed E-state index contributed by atoms with van der Waals surface area (Å²) in [5, 5.41) is 18.5. The van der Waals surface area contributed by atoms with Crippen LogP contribution in [-0.2, 0) is 13.5 Å². The molecule has 1 aromatic carbocycles. The summed E-state index contributed by atoms with van der Waals surface area (Å²) in [4.78, 5) is 10.9. The van der Waals surface area contributed by atoms with Gasteiger partial charge in [-0.05, 0) is 18.6 Å². The molecule has 0 radical (unpaired) electrons. The number of nitrogens with zero attached hydrogens (tertiary/aromatic N) is 3. The summed E-state index contributed by atoms with van der Waals surface area (Å²) >= 11 is 0. The molecule has 8 nitrogen and oxygen atoms in total. The van der Waals surface area contributed by atoms with Gasteiger partial charge in [-0.1, -0.05) is 19.1 Å². The molecule has 1 aromatic heterocycles. The number of benzene rings is 1. The van der Waals surface area contributed by atoms with Crippen molar-refractivity contribution < 1.29 is 14.4 Å². The Bertz CT molecular complexity index is 728. The van der Waals surface area contributed by atoms with Crippen molar-refractivity contribution in [3.05, 3.63) is 40.1 Å². The molecule has 0 saturated heterocycles. The summed E-state index contributed by atoms with van der Waals surface area (Å²) in [6.07, 6.45) is 0.270. The van der Waals surface area contributed by atoms with Gasteiger partial charge in [-0.15, -0.1) is 0 Å². The average Bonchev–Trinajstić information content (AvgIpc) is 2.88. The first-order valence-corrected chi connectivity index (χ1v) is 7.42. The van der Waals surface area contributed by atoms with E-state index in [0.29, 0.717) is 42.6 Å². The van der Waals surface area contributed by atoms with E-state index in [2.05, 4.69) is 10.4 Å². The maximum absolute atomic E-state index is 11.3. The van der Waals surface area contributed by atoms with Crippen molar-refractivity contribution in [2.24, 2.45) is 7.05 Å². The van der Waals surface area contributed by atoms with E-state index in [1.807, 2.05) is 31.2 Å². The zero-order chi connectivity index (χ0) is 16.4. The highest BCUT2D eigenvalue weighted by Crippen LogP contribution is 2.32. The third-order valence-corrected chi connectivity index (χ3v) is 3.67. The molecule has 23 heavy (non-hydrogen) atoms. The molecule has 1 atom stereocenters. The van der Waals surface area contributed by atoms with Crippen LogP contribution in [0.15, 0.2) is 24.3 Å². The number of anilines is 1. The van der Waals surface area contributed by atoms with E-state index in [4.69, 9.17) is 9.47 Å². The Morgan fingerprint density at radius 1 is 1.43 bits per heavy atom. The molecule has 0 spiro atoms. The molecule has 2 aromatic rings. The monoisotopic (exact) mass is 318 g/mol. The van der Waals surface area contributed by atoms with Gasteiger partial charge in [-0.25, -0.2) is 4.68 Å². The average molecular weight is 318 g/mol. The Labute approximate surface area is 133 Å². The highest BCUT2D eigenvalue weighted by molar-refractivity contribution is 5.60. The Hall–Kier alpha value is -2.77. The number of nitrogens with one attached hydrogen (secondary N) is 1. The summed E-state index contributed by atoms with van der Waals surface area (Å²) < 4.78 is 13.0. The van der Waals surface area contributed by atoms with E-state index in [-0.39, 0.29) is 11.8 Å². The molecule has 3 rings (SSSR count). The van der Waals surface area contributed by atoms with Crippen molar-refractivity contribution in [2.75, 3.05) is 18.5 Å². The van der Waals surface area contributed by atoms with Crippen molar-refractivity contribution in [1.29, 1.82) is 0 Å². The first-order chi connectivity index (χ1) is 11.1. The molecule has 1 aliphatic rings. The number of nitro groups is 1. The molecular weight excluding hydrogens is 300 g/mol. The molecule has 8 heteroatoms. The van der Waals surface area contributed by atoms with Crippen LogP contribution in [0.4, 0.5) is 11.5 Å². The van der Waals surface area contributed by atoms with Gasteiger partial charge < -0.3 is 14.8 Å². The summed E-state index contributed by atoms with van der Waals surface area (Å²) in [5.41, 5.74) is 0.485. The molecule has 0 bridgehead atoms. The van der Waals surface area contributed by atoms with Crippen molar-refractivity contribution >= 4 is 11.5 Å². The number of rotatable bonds is 5. The van der Waals surface area contributed by atoms with E-state index in [1.165, 1.54) is 4.68 Å². The van der Waals surface area contributed by atoms with Gasteiger partial charge >= 0.3 is 5.69 Å². The van der Waals surface area contributed by atoms with E-state index < -0.39 is 4.92 Å². The number of para-hydroxylation sites is 2. The van der Waals surface area contributed by atoms with Gasteiger partial charge in [0.25, 0.3) is 0 Å². The lowest BCUT2D eigenvalue weighted by Crippen LogP contribution is -2.35. The second-order valence-corrected chi connectivity index (χ2v) is 5.26. The summed E-state index contributed by atoms with van der Waals surface area (Å²) in [6.45, 7) is 2.61. The smallest absolute Gasteiger partial charge is 0.333 e. The van der Waals surface area contributed by atoms with Gasteiger partial charge in [0.1, 0.15) is 18.4 Å². The fourth-order valence-corrected chi connectivity index (χ4v) is 2.57. The number of aromatic nitrogens is 2. The Morgan fingerprint density at radius 3 is 2.87 bits per heavy atom. The number of aryl methyl sites for hydroxylation is 2. The van der Waals surface area contributed by atoms with E-state index in [0.717, 1.165) is 0 Å². The maximum atomic E-state index is 11.3. The van der Waals surface area contributed by atoms with Crippen LogP contribution in [0.2, 0.25) is 0 Å². The zero-order valence-corrected chi connectivity index (χ0v) is 13.0. The predicted molar refractivity (Wildman–Crippen MR) is 84.1 cm³/mol. The second kappa shape index (κ2) is 6.15. The van der Waals surface area contributed by atoms with Crippen molar-refractivity contribution in [1.82, 2.24) is 9.78 Å². The van der Waals surface area contributed by atoms with Crippen molar-refractivity contribution in [3.63, 3.8) is 0 Å². The topological polar surface area (TPSA) is 91.5 Å². The van der Waals surface area contributed by atoms with Gasteiger partial charge in [-0.2, -0.15) is 5.10 Å². The van der Waals surface area contributed by atoms with Crippen molar-refractivity contribution in [2.45, 2.75) is 19.4 Å². The lowest BCUT2D eigenvalue weighted by molar-refractivity contribution is -0.384. The highest BCUT2D eigenvalue weighted by atomic mass is 16.6. The molecule has 0 saturated carbocycles. The van der Waals surface area contributed by atoms with E-state index >= 15 is 0 Å². The maximum Gasteiger partial charge on any atom is 0.333 e. The van der Waals surface area contributed by atoms with Crippen LogP contribution in [0.5, 0.6) is 11.5 Å². The normalized spacial score (nSPS) is 16.2. The van der Waals surface area contributed by atoms with Crippen LogP contribution < -0.4 is 14.8 Å². The van der Waals surface area contributed by atoms with Crippen LogP contribution in [0.3, 0.4) is 0 Å². The molecule has 122 valence electrons. The minimum atomic E-state index is -0.401. The summed E-state index contributed by atoms with van der Waals surface area (Å²) in [5.74, 6) is 1.78. The van der Waals surface area contributed by atoms with E-state index in [1.54, 1.807) is 7.05 Å². The fourth-order valence-electron chi connectivity index (χ4n) is 2.57. The first-order valence-electron chi connectivity index (χ1n) is 7.42. The predicted octanol–water partition coefficient (Wildman–Crippen LogP) is 2.14. The van der Waals surface area contributed by atoms with Crippen LogP contribution in [0.25, 0.3) is 0 Å². The molecule has 1 unspecified atom stereocenters. The highest BCUT2D eigenvalue weighted by Gasteiger charge is 2.27. The summed E-state index contributed by atoms with van der Waals surface area (Å²) in [7, 11) is 1.68. The first kappa shape index (κ1) is 15.1. The molecule has 1 aliphatic heterocycles. The molecule has 0 fully saturated rings. The third-order valence-electron chi connectivity index (χ3n) is 3.67. The minimum Gasteiger partial charge on any atom is -0.486 e. The fraction of sp³-hybridized carbons (Fsp3) is 0.400. The van der Waals surface area contributed by atoms with Gasteiger partial charge in [0.05, 0.1) is 11.5 Å². The van der Waals surface area contributed by atoms with Crippen LogP contribution in [0, 0.1) is 10.1 Å².